The second-order valence-electron chi connectivity index (χ2n) is 6.46. The highest BCUT2D eigenvalue weighted by Crippen LogP contribution is 2.29. The van der Waals surface area contributed by atoms with E-state index in [1.54, 1.807) is 26.3 Å². The lowest BCUT2D eigenvalue weighted by atomic mass is 9.96. The number of ether oxygens (including phenoxy) is 2. The fourth-order valence-electron chi connectivity index (χ4n) is 3.15. The molecule has 1 fully saturated rings. The molecule has 0 radical (unpaired) electrons. The zero-order valence-corrected chi connectivity index (χ0v) is 14.6. The summed E-state index contributed by atoms with van der Waals surface area (Å²) in [5.74, 6) is 0.333. The molecule has 1 aromatic carbocycles. The number of nitrogens with zero attached hydrogens (tertiary/aromatic N) is 1. The quantitative estimate of drug-likeness (QED) is 0.861. The molecule has 0 spiro atoms. The molecule has 7 heteroatoms. The van der Waals surface area contributed by atoms with Crippen LogP contribution in [0.2, 0.25) is 0 Å². The fourth-order valence-corrected chi connectivity index (χ4v) is 3.15. The van der Waals surface area contributed by atoms with Gasteiger partial charge in [-0.15, -0.1) is 0 Å². The predicted octanol–water partition coefficient (Wildman–Crippen LogP) is 1.19. The largest absolute Gasteiger partial charge is 0.497 e. The van der Waals surface area contributed by atoms with E-state index < -0.39 is 12.2 Å². The number of aryl methyl sites for hydroxylation is 1. The van der Waals surface area contributed by atoms with Gasteiger partial charge in [0, 0.05) is 30.5 Å². The number of aliphatic hydroxyl groups excluding tert-OH is 2. The van der Waals surface area contributed by atoms with Crippen LogP contribution in [-0.2, 0) is 4.74 Å². The minimum Gasteiger partial charge on any atom is -0.497 e. The third kappa shape index (κ3) is 3.35. The molecule has 1 aliphatic rings. The lowest BCUT2D eigenvalue weighted by molar-refractivity contribution is -0.123. The van der Waals surface area contributed by atoms with Gasteiger partial charge in [0.1, 0.15) is 17.4 Å². The Morgan fingerprint density at radius 2 is 2.12 bits per heavy atom. The number of hydrogen-bond acceptors (Lipinski definition) is 6. The van der Waals surface area contributed by atoms with Gasteiger partial charge in [0.05, 0.1) is 26.4 Å². The number of benzene rings is 1. The van der Waals surface area contributed by atoms with Crippen LogP contribution in [0.5, 0.6) is 5.75 Å². The summed E-state index contributed by atoms with van der Waals surface area (Å²) in [5, 5.41) is 20.6. The van der Waals surface area contributed by atoms with Gasteiger partial charge in [0.25, 0.3) is 5.91 Å². The van der Waals surface area contributed by atoms with Crippen LogP contribution >= 0.6 is 0 Å². The maximum absolute atomic E-state index is 12.8. The molecule has 2 N–H and O–H groups in total. The van der Waals surface area contributed by atoms with Crippen LogP contribution in [0.4, 0.5) is 0 Å². The van der Waals surface area contributed by atoms with E-state index in [1.165, 1.54) is 4.90 Å². The minimum absolute atomic E-state index is 0.111. The Morgan fingerprint density at radius 3 is 2.84 bits per heavy atom. The molecule has 25 heavy (non-hydrogen) atoms. The van der Waals surface area contributed by atoms with Gasteiger partial charge < -0.3 is 29.0 Å². The van der Waals surface area contributed by atoms with Gasteiger partial charge in [-0.2, -0.15) is 0 Å². The summed E-state index contributed by atoms with van der Waals surface area (Å²) in [4.78, 5) is 14.3. The molecule has 1 aliphatic heterocycles. The van der Waals surface area contributed by atoms with Crippen LogP contribution < -0.4 is 4.74 Å². The molecule has 1 amide bonds. The molecule has 2 heterocycles. The van der Waals surface area contributed by atoms with Crippen molar-refractivity contribution < 1.29 is 28.9 Å². The van der Waals surface area contributed by atoms with Gasteiger partial charge >= 0.3 is 0 Å². The molecule has 0 unspecified atom stereocenters. The van der Waals surface area contributed by atoms with Crippen molar-refractivity contribution in [3.8, 4) is 5.75 Å². The number of furan rings is 1. The van der Waals surface area contributed by atoms with Crippen LogP contribution in [0.1, 0.15) is 16.1 Å². The number of hydrogen-bond donors (Lipinski definition) is 2. The number of methoxy groups -OCH3 is 1. The van der Waals surface area contributed by atoms with Crippen LogP contribution in [0.15, 0.2) is 22.6 Å². The Kier molecular flexibility index (Phi) is 4.99. The van der Waals surface area contributed by atoms with Crippen molar-refractivity contribution in [2.45, 2.75) is 19.1 Å². The normalized spacial score (nSPS) is 23.6. The van der Waals surface area contributed by atoms with Gasteiger partial charge in [-0.3, -0.25) is 4.79 Å². The van der Waals surface area contributed by atoms with E-state index >= 15 is 0 Å². The van der Waals surface area contributed by atoms with Crippen molar-refractivity contribution >= 4 is 16.9 Å². The van der Waals surface area contributed by atoms with Crippen LogP contribution in [0, 0.1) is 12.8 Å². The highest BCUT2D eigenvalue weighted by molar-refractivity contribution is 5.99. The highest BCUT2D eigenvalue weighted by Gasteiger charge is 2.33. The van der Waals surface area contributed by atoms with E-state index in [2.05, 4.69) is 0 Å². The summed E-state index contributed by atoms with van der Waals surface area (Å²) in [5.41, 5.74) is 1.36. The lowest BCUT2D eigenvalue weighted by Crippen LogP contribution is -2.48. The molecule has 3 rings (SSSR count). The number of rotatable bonds is 4. The molecule has 1 saturated heterocycles. The molecule has 0 bridgehead atoms. The summed E-state index contributed by atoms with van der Waals surface area (Å²) in [6.07, 6.45) is -1.84. The second-order valence-corrected chi connectivity index (χ2v) is 6.46. The van der Waals surface area contributed by atoms with Crippen molar-refractivity contribution in [3.05, 3.63) is 29.5 Å². The smallest absolute Gasteiger partial charge is 0.289 e. The average Bonchev–Trinajstić information content (AvgIpc) is 2.94. The van der Waals surface area contributed by atoms with E-state index in [0.29, 0.717) is 17.9 Å². The number of aliphatic hydroxyl groups is 2. The Hall–Kier alpha value is -2.09. The molecule has 0 saturated carbocycles. The van der Waals surface area contributed by atoms with Gasteiger partial charge in [0.2, 0.25) is 0 Å². The number of carbonyl (C=O) groups is 1. The maximum Gasteiger partial charge on any atom is 0.289 e. The summed E-state index contributed by atoms with van der Waals surface area (Å²) in [6, 6.07) is 5.38. The van der Waals surface area contributed by atoms with E-state index in [-0.39, 0.29) is 30.7 Å². The Balaban J connectivity index is 1.80. The topological polar surface area (TPSA) is 92.4 Å². The predicted molar refractivity (Wildman–Crippen MR) is 90.8 cm³/mol. The summed E-state index contributed by atoms with van der Waals surface area (Å²) in [6.45, 7) is 2.50. The number of fused-ring (bicyclic) bond motifs is 1. The summed E-state index contributed by atoms with van der Waals surface area (Å²) in [7, 11) is 3.23. The van der Waals surface area contributed by atoms with E-state index in [4.69, 9.17) is 13.9 Å². The molecule has 0 aliphatic carbocycles. The van der Waals surface area contributed by atoms with Crippen molar-refractivity contribution in [3.63, 3.8) is 0 Å². The first-order chi connectivity index (χ1) is 11.9. The maximum atomic E-state index is 12.8. The van der Waals surface area contributed by atoms with E-state index in [0.717, 1.165) is 10.9 Å². The van der Waals surface area contributed by atoms with Crippen molar-refractivity contribution in [1.82, 2.24) is 4.90 Å². The molecular formula is C18H23NO6. The second kappa shape index (κ2) is 7.03. The SMILES string of the molecule is COc1ccc2oc(C(=O)N(C)C[C@@H]3COC[C@@H](O)[C@H]3O)c(C)c2c1. The lowest BCUT2D eigenvalue weighted by Gasteiger charge is -2.34. The first kappa shape index (κ1) is 17.7. The van der Waals surface area contributed by atoms with Crippen molar-refractivity contribution in [2.24, 2.45) is 5.92 Å². The number of carbonyl (C=O) groups excluding carboxylic acids is 1. The highest BCUT2D eigenvalue weighted by atomic mass is 16.5. The van der Waals surface area contributed by atoms with E-state index in [9.17, 15) is 15.0 Å². The molecule has 3 atom stereocenters. The molecule has 7 nitrogen and oxygen atoms in total. The van der Waals surface area contributed by atoms with Gasteiger partial charge in [-0.05, 0) is 25.1 Å². The zero-order valence-electron chi connectivity index (χ0n) is 14.6. The first-order valence-electron chi connectivity index (χ1n) is 8.18. The van der Waals surface area contributed by atoms with Crippen LogP contribution in [-0.4, -0.2) is 67.1 Å². The van der Waals surface area contributed by atoms with Crippen molar-refractivity contribution in [1.29, 1.82) is 0 Å². The van der Waals surface area contributed by atoms with Gasteiger partial charge in [-0.25, -0.2) is 0 Å². The monoisotopic (exact) mass is 349 g/mol. The standard InChI is InChI=1S/C18H23NO6/c1-10-13-6-12(23-3)4-5-15(13)25-17(10)18(22)19(2)7-11-8-24-9-14(20)16(11)21/h4-6,11,14,16,20-21H,7-9H2,1-3H3/t11-,14-,16+/m1/s1. The third-order valence-electron chi connectivity index (χ3n) is 4.69. The third-order valence-corrected chi connectivity index (χ3v) is 4.69. The van der Waals surface area contributed by atoms with Gasteiger partial charge in [-0.1, -0.05) is 0 Å². The van der Waals surface area contributed by atoms with Crippen LogP contribution in [0.3, 0.4) is 0 Å². The van der Waals surface area contributed by atoms with E-state index in [1.807, 2.05) is 13.0 Å². The molecule has 1 aromatic heterocycles. The minimum atomic E-state index is -0.928. The fraction of sp³-hybridized carbons (Fsp3) is 0.500. The Labute approximate surface area is 145 Å². The first-order valence-corrected chi connectivity index (χ1v) is 8.18. The zero-order chi connectivity index (χ0) is 18.1. The molecule has 136 valence electrons. The summed E-state index contributed by atoms with van der Waals surface area (Å²) < 4.78 is 16.2. The van der Waals surface area contributed by atoms with Crippen LogP contribution in [0.25, 0.3) is 11.0 Å². The van der Waals surface area contributed by atoms with Gasteiger partial charge in [0.15, 0.2) is 5.76 Å². The molecular weight excluding hydrogens is 326 g/mol. The Bertz CT molecular complexity index is 770. The summed E-state index contributed by atoms with van der Waals surface area (Å²) >= 11 is 0. The molecule has 2 aromatic rings. The number of amides is 1. The Morgan fingerprint density at radius 1 is 1.36 bits per heavy atom. The van der Waals surface area contributed by atoms with Crippen molar-refractivity contribution in [2.75, 3.05) is 33.9 Å². The average molecular weight is 349 g/mol.